The largest absolute Gasteiger partial charge is 0.548 e. The molecule has 1 saturated heterocycles. The maximum absolute atomic E-state index is 12.8. The first-order valence-electron chi connectivity index (χ1n) is 6.46. The fraction of sp³-hybridized carbons (Fsp3) is 0.417. The zero-order valence-electron chi connectivity index (χ0n) is 10.9. The fourth-order valence-corrected chi connectivity index (χ4v) is 4.95. The van der Waals surface area contributed by atoms with Gasteiger partial charge in [-0.1, -0.05) is 12.5 Å². The van der Waals surface area contributed by atoms with E-state index in [0.717, 1.165) is 16.0 Å². The summed E-state index contributed by atoms with van der Waals surface area (Å²) in [6.45, 7) is 0.176. The molecule has 0 aliphatic carbocycles. The highest BCUT2D eigenvalue weighted by molar-refractivity contribution is 7.89. The Kier molecular flexibility index (Phi) is 3.64. The highest BCUT2D eigenvalue weighted by atomic mass is 32.2. The summed E-state index contributed by atoms with van der Waals surface area (Å²) in [5, 5.41) is 11.2. The van der Waals surface area contributed by atoms with Crippen molar-refractivity contribution >= 4 is 38.8 Å². The lowest BCUT2D eigenvalue weighted by molar-refractivity contribution is -0.311. The molecule has 112 valence electrons. The molecule has 1 atom stereocenters. The molecule has 0 amide bonds. The summed E-state index contributed by atoms with van der Waals surface area (Å²) in [5.74, 6) is -1.36. The molecule has 0 saturated carbocycles. The van der Waals surface area contributed by atoms with E-state index in [9.17, 15) is 18.3 Å². The minimum Gasteiger partial charge on any atom is -0.548 e. The van der Waals surface area contributed by atoms with Gasteiger partial charge < -0.3 is 9.90 Å². The number of rotatable bonds is 3. The summed E-state index contributed by atoms with van der Waals surface area (Å²) in [6, 6.07) is 3.56. The molecular weight excluding hydrogens is 314 g/mol. The van der Waals surface area contributed by atoms with Gasteiger partial charge in [0.2, 0.25) is 10.0 Å². The molecule has 9 heteroatoms. The van der Waals surface area contributed by atoms with Gasteiger partial charge in [-0.05, 0) is 25.0 Å². The molecule has 3 rings (SSSR count). The summed E-state index contributed by atoms with van der Waals surface area (Å²) in [5.41, 5.74) is 0.772. The van der Waals surface area contributed by atoms with Gasteiger partial charge >= 0.3 is 0 Å². The molecule has 0 radical (unpaired) electrons. The number of hydrogen-bond donors (Lipinski definition) is 0. The van der Waals surface area contributed by atoms with Gasteiger partial charge in [-0.2, -0.15) is 13.1 Å². The lowest BCUT2D eigenvalue weighted by Gasteiger charge is -2.35. The summed E-state index contributed by atoms with van der Waals surface area (Å²) >= 11 is 0.925. The molecule has 1 aliphatic heterocycles. The Labute approximate surface area is 125 Å². The van der Waals surface area contributed by atoms with E-state index in [1.54, 1.807) is 12.1 Å². The van der Waals surface area contributed by atoms with Crippen LogP contribution in [0.2, 0.25) is 0 Å². The molecule has 1 fully saturated rings. The number of nitrogens with zero attached hydrogens (tertiary/aromatic N) is 3. The van der Waals surface area contributed by atoms with E-state index in [1.807, 2.05) is 0 Å². The van der Waals surface area contributed by atoms with E-state index in [1.165, 1.54) is 6.07 Å². The van der Waals surface area contributed by atoms with E-state index < -0.39 is 22.0 Å². The molecular formula is C12H12N3O4S2-. The number of carbonyl (C=O) groups is 1. The van der Waals surface area contributed by atoms with Crippen molar-refractivity contribution in [1.29, 1.82) is 0 Å². The lowest BCUT2D eigenvalue weighted by atomic mass is 10.1. The van der Waals surface area contributed by atoms with E-state index in [-0.39, 0.29) is 23.4 Å². The number of fused-ring (bicyclic) bond motifs is 1. The first kappa shape index (κ1) is 14.4. The van der Waals surface area contributed by atoms with Crippen molar-refractivity contribution in [2.75, 3.05) is 6.54 Å². The van der Waals surface area contributed by atoms with Gasteiger partial charge in [0.25, 0.3) is 0 Å². The molecule has 21 heavy (non-hydrogen) atoms. The molecule has 7 nitrogen and oxygen atoms in total. The highest BCUT2D eigenvalue weighted by Gasteiger charge is 2.35. The Morgan fingerprint density at radius 1 is 1.33 bits per heavy atom. The number of aliphatic carboxylic acids is 1. The van der Waals surface area contributed by atoms with Crippen molar-refractivity contribution in [2.45, 2.75) is 30.2 Å². The average Bonchev–Trinajstić information content (AvgIpc) is 2.95. The van der Waals surface area contributed by atoms with Crippen LogP contribution in [0, 0.1) is 0 Å². The Bertz CT molecular complexity index is 787. The Morgan fingerprint density at radius 2 is 2.14 bits per heavy atom. The van der Waals surface area contributed by atoms with Crippen LogP contribution < -0.4 is 5.11 Å². The zero-order chi connectivity index (χ0) is 15.0. The molecule has 0 unspecified atom stereocenters. The van der Waals surface area contributed by atoms with Crippen LogP contribution in [0.25, 0.3) is 11.0 Å². The second-order valence-corrected chi connectivity index (χ2v) is 7.22. The predicted molar refractivity (Wildman–Crippen MR) is 74.0 cm³/mol. The molecule has 0 N–H and O–H groups in total. The smallest absolute Gasteiger partial charge is 0.245 e. The maximum atomic E-state index is 12.8. The molecule has 1 aromatic carbocycles. The van der Waals surface area contributed by atoms with E-state index in [0.29, 0.717) is 18.4 Å². The third kappa shape index (κ3) is 2.41. The van der Waals surface area contributed by atoms with Crippen LogP contribution in [0.4, 0.5) is 0 Å². The molecule has 1 aromatic heterocycles. The molecule has 0 spiro atoms. The quantitative estimate of drug-likeness (QED) is 0.785. The summed E-state index contributed by atoms with van der Waals surface area (Å²) < 4.78 is 34.6. The Balaban J connectivity index is 2.11. The monoisotopic (exact) mass is 326 g/mol. The van der Waals surface area contributed by atoms with Gasteiger partial charge in [0, 0.05) is 6.54 Å². The van der Waals surface area contributed by atoms with Gasteiger partial charge in [0.15, 0.2) is 0 Å². The van der Waals surface area contributed by atoms with Crippen molar-refractivity contribution in [3.63, 3.8) is 0 Å². The SMILES string of the molecule is O=C([O-])[C@H]1CCCCN1S(=O)(=O)c1cccc2nsnc12. The van der Waals surface area contributed by atoms with Crippen LogP contribution in [-0.2, 0) is 14.8 Å². The number of benzene rings is 1. The molecule has 1 aliphatic rings. The van der Waals surface area contributed by atoms with Gasteiger partial charge in [-0.3, -0.25) is 0 Å². The van der Waals surface area contributed by atoms with Crippen LogP contribution in [0.5, 0.6) is 0 Å². The number of sulfonamides is 1. The van der Waals surface area contributed by atoms with Gasteiger partial charge in [-0.15, -0.1) is 0 Å². The van der Waals surface area contributed by atoms with Crippen molar-refractivity contribution < 1.29 is 18.3 Å². The van der Waals surface area contributed by atoms with Crippen LogP contribution in [-0.4, -0.2) is 40.0 Å². The van der Waals surface area contributed by atoms with Crippen molar-refractivity contribution in [3.05, 3.63) is 18.2 Å². The van der Waals surface area contributed by atoms with Crippen LogP contribution in [0.1, 0.15) is 19.3 Å². The topological polar surface area (TPSA) is 103 Å². The second kappa shape index (κ2) is 5.32. The normalized spacial score (nSPS) is 20.7. The number of carboxylic acids is 1. The molecule has 2 heterocycles. The fourth-order valence-electron chi connectivity index (χ4n) is 2.54. The van der Waals surface area contributed by atoms with Crippen molar-refractivity contribution in [1.82, 2.24) is 13.1 Å². The first-order chi connectivity index (χ1) is 10.0. The lowest BCUT2D eigenvalue weighted by Crippen LogP contribution is -2.52. The van der Waals surface area contributed by atoms with Crippen LogP contribution in [0.3, 0.4) is 0 Å². The maximum Gasteiger partial charge on any atom is 0.245 e. The standard InChI is InChI=1S/C12H13N3O4S2/c16-12(17)9-5-1-2-7-15(9)21(18,19)10-6-3-4-8-11(10)14-20-13-8/h3-4,6,9H,1-2,5,7H2,(H,16,17)/p-1/t9-/m1/s1. The number of carboxylic acid groups (broad SMARTS) is 1. The zero-order valence-corrected chi connectivity index (χ0v) is 12.6. The first-order valence-corrected chi connectivity index (χ1v) is 8.63. The third-order valence-corrected chi connectivity index (χ3v) is 6.04. The number of hydrogen-bond acceptors (Lipinski definition) is 7. The molecule has 0 bridgehead atoms. The minimum atomic E-state index is -3.94. The third-order valence-electron chi connectivity index (χ3n) is 3.56. The van der Waals surface area contributed by atoms with Gasteiger partial charge in [0.05, 0.1) is 23.7 Å². The van der Waals surface area contributed by atoms with Gasteiger partial charge in [-0.25, -0.2) is 8.42 Å². The average molecular weight is 326 g/mol. The van der Waals surface area contributed by atoms with Crippen LogP contribution in [0.15, 0.2) is 23.1 Å². The van der Waals surface area contributed by atoms with E-state index in [4.69, 9.17) is 0 Å². The Morgan fingerprint density at radius 3 is 2.90 bits per heavy atom. The second-order valence-electron chi connectivity index (χ2n) is 4.83. The number of piperidine rings is 1. The summed E-state index contributed by atoms with van der Waals surface area (Å²) in [7, 11) is -3.94. The minimum absolute atomic E-state index is 0.00176. The van der Waals surface area contributed by atoms with E-state index >= 15 is 0 Å². The number of carbonyl (C=O) groups excluding carboxylic acids is 1. The predicted octanol–water partition coefficient (Wildman–Crippen LogP) is -0.0156. The summed E-state index contributed by atoms with van der Waals surface area (Å²) in [6.07, 6.45) is 1.58. The van der Waals surface area contributed by atoms with Crippen LogP contribution >= 0.6 is 11.7 Å². The summed E-state index contributed by atoms with van der Waals surface area (Å²) in [4.78, 5) is 11.2. The molecule has 2 aromatic rings. The number of aromatic nitrogens is 2. The highest BCUT2D eigenvalue weighted by Crippen LogP contribution is 2.29. The Hall–Kier alpha value is -1.58. The van der Waals surface area contributed by atoms with Crippen molar-refractivity contribution in [2.24, 2.45) is 0 Å². The van der Waals surface area contributed by atoms with Gasteiger partial charge in [0.1, 0.15) is 15.9 Å². The van der Waals surface area contributed by atoms with E-state index in [2.05, 4.69) is 8.75 Å². The van der Waals surface area contributed by atoms with Crippen molar-refractivity contribution in [3.8, 4) is 0 Å².